The van der Waals surface area contributed by atoms with Crippen LogP contribution in [-0.2, 0) is 11.3 Å². The van der Waals surface area contributed by atoms with E-state index in [1.54, 1.807) is 0 Å². The number of aryl methyl sites for hydroxylation is 1. The van der Waals surface area contributed by atoms with Crippen molar-refractivity contribution in [3.05, 3.63) is 36.3 Å². The Morgan fingerprint density at radius 3 is 2.91 bits per heavy atom. The van der Waals surface area contributed by atoms with E-state index in [4.69, 9.17) is 4.42 Å². The molecular weight excluding hydrogens is 276 g/mol. The normalized spacial score (nSPS) is 26.6. The highest BCUT2D eigenvalue weighted by atomic mass is 16.3. The Morgan fingerprint density at radius 2 is 2.18 bits per heavy atom. The summed E-state index contributed by atoms with van der Waals surface area (Å²) in [5, 5.41) is 0. The number of amides is 1. The molecule has 2 saturated heterocycles. The van der Waals surface area contributed by atoms with Gasteiger partial charge in [-0.05, 0) is 51.3 Å². The molecule has 0 bridgehead atoms. The number of piperidine rings is 2. The maximum absolute atomic E-state index is 12.4. The first-order chi connectivity index (χ1) is 10.6. The minimum absolute atomic E-state index is 0.00338. The van der Waals surface area contributed by atoms with E-state index in [1.165, 1.54) is 0 Å². The third kappa shape index (κ3) is 2.98. The van der Waals surface area contributed by atoms with E-state index in [2.05, 4.69) is 22.4 Å². The fourth-order valence-electron chi connectivity index (χ4n) is 4.08. The summed E-state index contributed by atoms with van der Waals surface area (Å²) in [5.74, 6) is 2.27. The number of carbonyl (C=O) groups excluding carboxylic acids is 1. The van der Waals surface area contributed by atoms with Crippen LogP contribution in [0.4, 0.5) is 0 Å². The fourth-order valence-corrected chi connectivity index (χ4v) is 4.08. The summed E-state index contributed by atoms with van der Waals surface area (Å²) in [6, 6.07) is 4.08. The van der Waals surface area contributed by atoms with Crippen molar-refractivity contribution in [3.8, 4) is 0 Å². The Bertz CT molecular complexity index is 547. The number of hydrogen-bond donors (Lipinski definition) is 0. The summed E-state index contributed by atoms with van der Waals surface area (Å²) in [7, 11) is 0. The molecule has 1 aromatic heterocycles. The van der Waals surface area contributed by atoms with Crippen LogP contribution in [0.1, 0.15) is 43.6 Å². The van der Waals surface area contributed by atoms with E-state index >= 15 is 0 Å². The number of furan rings is 1. The van der Waals surface area contributed by atoms with Crippen LogP contribution >= 0.6 is 0 Å². The summed E-state index contributed by atoms with van der Waals surface area (Å²) in [6.07, 6.45) is 6.92. The highest BCUT2D eigenvalue weighted by molar-refractivity contribution is 5.78. The average Bonchev–Trinajstić information content (AvgIpc) is 2.89. The zero-order chi connectivity index (χ0) is 15.6. The smallest absolute Gasteiger partial charge is 0.223 e. The van der Waals surface area contributed by atoms with Gasteiger partial charge in [-0.25, -0.2) is 0 Å². The van der Waals surface area contributed by atoms with Gasteiger partial charge >= 0.3 is 0 Å². The molecule has 0 N–H and O–H groups in total. The van der Waals surface area contributed by atoms with Crippen LogP contribution in [0, 0.1) is 6.92 Å². The van der Waals surface area contributed by atoms with Crippen molar-refractivity contribution in [1.82, 2.24) is 9.80 Å². The minimum atomic E-state index is 0.00338. The second-order valence-corrected chi connectivity index (χ2v) is 6.70. The molecule has 0 saturated carbocycles. The van der Waals surface area contributed by atoms with Crippen LogP contribution < -0.4 is 0 Å². The van der Waals surface area contributed by atoms with Crippen LogP contribution in [0.2, 0.25) is 0 Å². The zero-order valence-corrected chi connectivity index (χ0v) is 13.5. The Hall–Kier alpha value is -1.55. The molecule has 1 unspecified atom stereocenters. The van der Waals surface area contributed by atoms with Crippen molar-refractivity contribution in [2.45, 2.75) is 51.1 Å². The van der Waals surface area contributed by atoms with Gasteiger partial charge in [-0.1, -0.05) is 6.08 Å². The molecule has 1 amide bonds. The molecule has 4 heteroatoms. The van der Waals surface area contributed by atoms with Crippen LogP contribution in [0.25, 0.3) is 0 Å². The average molecular weight is 302 g/mol. The molecule has 0 aromatic carbocycles. The molecule has 120 valence electrons. The highest BCUT2D eigenvalue weighted by Gasteiger charge is 2.44. The van der Waals surface area contributed by atoms with Gasteiger partial charge in [-0.2, -0.15) is 0 Å². The Labute approximate surface area is 132 Å². The number of rotatable bonds is 4. The molecule has 0 radical (unpaired) electrons. The van der Waals surface area contributed by atoms with E-state index < -0.39 is 0 Å². The van der Waals surface area contributed by atoms with E-state index in [9.17, 15) is 4.79 Å². The molecule has 1 spiro atoms. The molecule has 1 aromatic rings. The fraction of sp³-hybridized carbons (Fsp3) is 0.611. The van der Waals surface area contributed by atoms with E-state index in [0.717, 1.165) is 56.8 Å². The van der Waals surface area contributed by atoms with Crippen molar-refractivity contribution in [2.24, 2.45) is 0 Å². The summed E-state index contributed by atoms with van der Waals surface area (Å²) in [6.45, 7) is 9.36. The molecule has 0 aliphatic carbocycles. The Morgan fingerprint density at radius 1 is 1.36 bits per heavy atom. The first-order valence-corrected chi connectivity index (χ1v) is 8.32. The molecule has 2 fully saturated rings. The van der Waals surface area contributed by atoms with Gasteiger partial charge in [0.15, 0.2) is 0 Å². The molecule has 3 heterocycles. The number of likely N-dealkylation sites (tertiary alicyclic amines) is 2. The van der Waals surface area contributed by atoms with Gasteiger partial charge in [0.1, 0.15) is 11.5 Å². The standard InChI is InChI=1S/C18H26N2O2/c1-3-11-20-17(21)6-4-9-18(20)10-5-12-19(14-18)13-16-8-7-15(2)22-16/h3,7-8H,1,4-6,9-14H2,2H3. The predicted octanol–water partition coefficient (Wildman–Crippen LogP) is 3.12. The quantitative estimate of drug-likeness (QED) is 0.802. The van der Waals surface area contributed by atoms with Crippen molar-refractivity contribution >= 4 is 5.91 Å². The largest absolute Gasteiger partial charge is 0.465 e. The van der Waals surface area contributed by atoms with Gasteiger partial charge in [0, 0.05) is 19.5 Å². The molecule has 22 heavy (non-hydrogen) atoms. The number of carbonyl (C=O) groups is 1. The van der Waals surface area contributed by atoms with Gasteiger partial charge in [-0.3, -0.25) is 9.69 Å². The van der Waals surface area contributed by atoms with E-state index in [1.807, 2.05) is 19.1 Å². The lowest BCUT2D eigenvalue weighted by molar-refractivity contribution is -0.144. The third-order valence-electron chi connectivity index (χ3n) is 5.03. The molecule has 2 aliphatic rings. The van der Waals surface area contributed by atoms with Crippen LogP contribution in [0.5, 0.6) is 0 Å². The van der Waals surface area contributed by atoms with Gasteiger partial charge in [0.2, 0.25) is 5.91 Å². The molecule has 1 atom stereocenters. The molecule has 3 rings (SSSR count). The number of nitrogens with zero attached hydrogens (tertiary/aromatic N) is 2. The molecular formula is C18H26N2O2. The van der Waals surface area contributed by atoms with Crippen LogP contribution in [-0.4, -0.2) is 40.9 Å². The second-order valence-electron chi connectivity index (χ2n) is 6.70. The summed E-state index contributed by atoms with van der Waals surface area (Å²) >= 11 is 0. The van der Waals surface area contributed by atoms with Gasteiger partial charge in [0.05, 0.1) is 12.1 Å². The Balaban J connectivity index is 1.74. The maximum atomic E-state index is 12.4. The van der Waals surface area contributed by atoms with E-state index in [0.29, 0.717) is 18.9 Å². The van der Waals surface area contributed by atoms with E-state index in [-0.39, 0.29) is 5.54 Å². The van der Waals surface area contributed by atoms with Crippen molar-refractivity contribution in [1.29, 1.82) is 0 Å². The third-order valence-corrected chi connectivity index (χ3v) is 5.03. The van der Waals surface area contributed by atoms with Crippen LogP contribution in [0.15, 0.2) is 29.2 Å². The molecule has 4 nitrogen and oxygen atoms in total. The monoisotopic (exact) mass is 302 g/mol. The van der Waals surface area contributed by atoms with Crippen molar-refractivity contribution < 1.29 is 9.21 Å². The van der Waals surface area contributed by atoms with Crippen molar-refractivity contribution in [2.75, 3.05) is 19.6 Å². The van der Waals surface area contributed by atoms with Crippen molar-refractivity contribution in [3.63, 3.8) is 0 Å². The summed E-state index contributed by atoms with van der Waals surface area (Å²) < 4.78 is 5.72. The highest BCUT2D eigenvalue weighted by Crippen LogP contribution is 2.37. The topological polar surface area (TPSA) is 36.7 Å². The van der Waals surface area contributed by atoms with Crippen LogP contribution in [0.3, 0.4) is 0 Å². The minimum Gasteiger partial charge on any atom is -0.465 e. The first kappa shape index (κ1) is 15.3. The second kappa shape index (κ2) is 6.29. The predicted molar refractivity (Wildman–Crippen MR) is 86.4 cm³/mol. The molecule has 2 aliphatic heterocycles. The summed E-state index contributed by atoms with van der Waals surface area (Å²) in [4.78, 5) is 16.9. The number of hydrogen-bond acceptors (Lipinski definition) is 3. The van der Waals surface area contributed by atoms with Gasteiger partial charge in [0.25, 0.3) is 0 Å². The first-order valence-electron chi connectivity index (χ1n) is 8.32. The lowest BCUT2D eigenvalue weighted by Gasteiger charge is -2.52. The lowest BCUT2D eigenvalue weighted by Crippen LogP contribution is -2.62. The Kier molecular flexibility index (Phi) is 4.39. The zero-order valence-electron chi connectivity index (χ0n) is 13.5. The van der Waals surface area contributed by atoms with Gasteiger partial charge < -0.3 is 9.32 Å². The lowest BCUT2D eigenvalue weighted by atomic mass is 9.79. The van der Waals surface area contributed by atoms with Gasteiger partial charge in [-0.15, -0.1) is 6.58 Å². The maximum Gasteiger partial charge on any atom is 0.223 e. The summed E-state index contributed by atoms with van der Waals surface area (Å²) in [5.41, 5.74) is 0.00338. The SMILES string of the molecule is C=CCN1C(=O)CCCC12CCCN(Cc1ccc(C)o1)C2.